The SMILES string of the molecule is CCCCCCCCc1cc(O)cc(OC)c1. The predicted molar refractivity (Wildman–Crippen MR) is 71.7 cm³/mol. The third-order valence-corrected chi connectivity index (χ3v) is 3.01. The van der Waals surface area contributed by atoms with Gasteiger partial charge in [-0.3, -0.25) is 0 Å². The Morgan fingerprint density at radius 1 is 1.00 bits per heavy atom. The number of aryl methyl sites for hydroxylation is 1. The Kier molecular flexibility index (Phi) is 6.53. The molecule has 0 heterocycles. The number of benzene rings is 1. The molecule has 0 atom stereocenters. The van der Waals surface area contributed by atoms with Crippen LogP contribution in [0.1, 0.15) is 51.0 Å². The van der Waals surface area contributed by atoms with Crippen LogP contribution in [0, 0.1) is 0 Å². The fraction of sp³-hybridized carbons (Fsp3) is 0.600. The maximum atomic E-state index is 9.52. The molecule has 0 aliphatic heterocycles. The van der Waals surface area contributed by atoms with E-state index in [1.807, 2.05) is 12.1 Å². The van der Waals surface area contributed by atoms with Crippen molar-refractivity contribution in [3.8, 4) is 11.5 Å². The van der Waals surface area contributed by atoms with Gasteiger partial charge in [-0.25, -0.2) is 0 Å². The maximum absolute atomic E-state index is 9.52. The Balaban J connectivity index is 2.28. The van der Waals surface area contributed by atoms with Crippen LogP contribution in [0.2, 0.25) is 0 Å². The number of aromatic hydroxyl groups is 1. The summed E-state index contributed by atoms with van der Waals surface area (Å²) in [5, 5.41) is 9.52. The molecule has 0 radical (unpaired) electrons. The lowest BCUT2D eigenvalue weighted by atomic mass is 10.0. The van der Waals surface area contributed by atoms with Crippen molar-refractivity contribution in [2.24, 2.45) is 0 Å². The summed E-state index contributed by atoms with van der Waals surface area (Å²) in [6.07, 6.45) is 8.80. The molecule has 0 aliphatic rings. The first-order chi connectivity index (χ1) is 8.26. The van der Waals surface area contributed by atoms with Crippen molar-refractivity contribution in [3.63, 3.8) is 0 Å². The zero-order valence-corrected chi connectivity index (χ0v) is 11.0. The first kappa shape index (κ1) is 13.9. The maximum Gasteiger partial charge on any atom is 0.122 e. The molecule has 2 heteroatoms. The number of ether oxygens (including phenoxy) is 1. The summed E-state index contributed by atoms with van der Waals surface area (Å²) in [5.41, 5.74) is 1.16. The lowest BCUT2D eigenvalue weighted by Gasteiger charge is -2.06. The number of hydrogen-bond acceptors (Lipinski definition) is 2. The van der Waals surface area contributed by atoms with E-state index in [1.54, 1.807) is 13.2 Å². The molecule has 1 N–H and O–H groups in total. The number of unbranched alkanes of at least 4 members (excludes halogenated alkanes) is 5. The molecule has 1 aromatic carbocycles. The summed E-state index contributed by atoms with van der Waals surface area (Å²) in [6, 6.07) is 5.48. The molecule has 0 bridgehead atoms. The van der Waals surface area contributed by atoms with E-state index < -0.39 is 0 Å². The summed E-state index contributed by atoms with van der Waals surface area (Å²) in [6.45, 7) is 2.24. The van der Waals surface area contributed by atoms with Crippen LogP contribution in [-0.2, 0) is 6.42 Å². The molecule has 96 valence electrons. The van der Waals surface area contributed by atoms with Crippen molar-refractivity contribution in [2.75, 3.05) is 7.11 Å². The minimum atomic E-state index is 0.297. The van der Waals surface area contributed by atoms with E-state index in [-0.39, 0.29) is 0 Å². The fourth-order valence-electron chi connectivity index (χ4n) is 2.02. The van der Waals surface area contributed by atoms with Gasteiger partial charge in [0.2, 0.25) is 0 Å². The summed E-state index contributed by atoms with van der Waals surface area (Å²) in [5.74, 6) is 1.04. The summed E-state index contributed by atoms with van der Waals surface area (Å²) < 4.78 is 5.14. The molecular formula is C15H24O2. The van der Waals surface area contributed by atoms with Gasteiger partial charge in [0.15, 0.2) is 0 Å². The molecule has 17 heavy (non-hydrogen) atoms. The standard InChI is InChI=1S/C15H24O2/c1-3-4-5-6-7-8-9-13-10-14(16)12-15(11-13)17-2/h10-12,16H,3-9H2,1-2H3. The second-order valence-electron chi connectivity index (χ2n) is 4.56. The smallest absolute Gasteiger partial charge is 0.122 e. The lowest BCUT2D eigenvalue weighted by molar-refractivity contribution is 0.406. The molecule has 0 saturated heterocycles. The van der Waals surface area contributed by atoms with Crippen LogP contribution < -0.4 is 4.74 Å². The molecular weight excluding hydrogens is 212 g/mol. The molecule has 0 spiro atoms. The summed E-state index contributed by atoms with van der Waals surface area (Å²) in [4.78, 5) is 0. The van der Waals surface area contributed by atoms with Gasteiger partial charge in [0.05, 0.1) is 7.11 Å². The zero-order valence-electron chi connectivity index (χ0n) is 11.0. The van der Waals surface area contributed by atoms with E-state index in [1.165, 1.54) is 38.5 Å². The molecule has 0 saturated carbocycles. The van der Waals surface area contributed by atoms with Gasteiger partial charge in [-0.2, -0.15) is 0 Å². The second kappa shape index (κ2) is 7.99. The number of phenols is 1. The monoisotopic (exact) mass is 236 g/mol. The highest BCUT2D eigenvalue weighted by Gasteiger charge is 2.00. The van der Waals surface area contributed by atoms with Gasteiger partial charge in [-0.1, -0.05) is 39.0 Å². The van der Waals surface area contributed by atoms with E-state index in [0.29, 0.717) is 5.75 Å². The minimum Gasteiger partial charge on any atom is -0.508 e. The molecule has 0 amide bonds. The van der Waals surface area contributed by atoms with E-state index in [4.69, 9.17) is 4.74 Å². The predicted octanol–water partition coefficient (Wildman–Crippen LogP) is 4.30. The highest BCUT2D eigenvalue weighted by Crippen LogP contribution is 2.22. The van der Waals surface area contributed by atoms with Gasteiger partial charge in [0.1, 0.15) is 11.5 Å². The first-order valence-corrected chi connectivity index (χ1v) is 6.63. The molecule has 1 rings (SSSR count). The van der Waals surface area contributed by atoms with Crippen LogP contribution in [0.3, 0.4) is 0 Å². The molecule has 0 aromatic heterocycles. The van der Waals surface area contributed by atoms with Crippen molar-refractivity contribution < 1.29 is 9.84 Å². The van der Waals surface area contributed by atoms with Gasteiger partial charge >= 0.3 is 0 Å². The third-order valence-electron chi connectivity index (χ3n) is 3.01. The zero-order chi connectivity index (χ0) is 12.5. The Bertz CT molecular complexity index is 321. The van der Waals surface area contributed by atoms with Crippen molar-refractivity contribution in [1.29, 1.82) is 0 Å². The Morgan fingerprint density at radius 3 is 2.41 bits per heavy atom. The third kappa shape index (κ3) is 5.62. The van der Waals surface area contributed by atoms with Gasteiger partial charge in [0.25, 0.3) is 0 Å². The van der Waals surface area contributed by atoms with Crippen molar-refractivity contribution >= 4 is 0 Å². The molecule has 0 aliphatic carbocycles. The van der Waals surface area contributed by atoms with E-state index >= 15 is 0 Å². The highest BCUT2D eigenvalue weighted by molar-refractivity contribution is 5.37. The number of methoxy groups -OCH3 is 1. The van der Waals surface area contributed by atoms with Gasteiger partial charge in [-0.15, -0.1) is 0 Å². The van der Waals surface area contributed by atoms with Crippen LogP contribution in [-0.4, -0.2) is 12.2 Å². The average Bonchev–Trinajstić information content (AvgIpc) is 2.33. The Labute approximate surface area is 105 Å². The van der Waals surface area contributed by atoms with E-state index in [2.05, 4.69) is 6.92 Å². The van der Waals surface area contributed by atoms with E-state index in [9.17, 15) is 5.11 Å². The number of hydrogen-bond donors (Lipinski definition) is 1. The van der Waals surface area contributed by atoms with Crippen LogP contribution in [0.25, 0.3) is 0 Å². The van der Waals surface area contributed by atoms with Crippen LogP contribution in [0.5, 0.6) is 11.5 Å². The molecule has 0 unspecified atom stereocenters. The second-order valence-corrected chi connectivity index (χ2v) is 4.56. The number of phenolic OH excluding ortho intramolecular Hbond substituents is 1. The van der Waals surface area contributed by atoms with Crippen molar-refractivity contribution in [2.45, 2.75) is 51.9 Å². The van der Waals surface area contributed by atoms with Crippen LogP contribution in [0.15, 0.2) is 18.2 Å². The average molecular weight is 236 g/mol. The largest absolute Gasteiger partial charge is 0.508 e. The Hall–Kier alpha value is -1.18. The van der Waals surface area contributed by atoms with E-state index in [0.717, 1.165) is 17.7 Å². The van der Waals surface area contributed by atoms with Crippen LogP contribution in [0.4, 0.5) is 0 Å². The quantitative estimate of drug-likeness (QED) is 0.682. The van der Waals surface area contributed by atoms with Gasteiger partial charge in [-0.05, 0) is 30.5 Å². The highest BCUT2D eigenvalue weighted by atomic mass is 16.5. The molecule has 1 aromatic rings. The Morgan fingerprint density at radius 2 is 1.71 bits per heavy atom. The molecule has 2 nitrogen and oxygen atoms in total. The normalized spacial score (nSPS) is 10.5. The number of rotatable bonds is 8. The van der Waals surface area contributed by atoms with Crippen molar-refractivity contribution in [1.82, 2.24) is 0 Å². The van der Waals surface area contributed by atoms with Crippen molar-refractivity contribution in [3.05, 3.63) is 23.8 Å². The summed E-state index contributed by atoms with van der Waals surface area (Å²) >= 11 is 0. The fourth-order valence-corrected chi connectivity index (χ4v) is 2.02. The molecule has 0 fully saturated rings. The minimum absolute atomic E-state index is 0.297. The first-order valence-electron chi connectivity index (χ1n) is 6.63. The topological polar surface area (TPSA) is 29.5 Å². The van der Waals surface area contributed by atoms with Gasteiger partial charge in [0, 0.05) is 6.07 Å². The van der Waals surface area contributed by atoms with Crippen LogP contribution >= 0.6 is 0 Å². The lowest BCUT2D eigenvalue weighted by Crippen LogP contribution is -1.89. The van der Waals surface area contributed by atoms with Gasteiger partial charge < -0.3 is 9.84 Å². The summed E-state index contributed by atoms with van der Waals surface area (Å²) in [7, 11) is 1.63.